The minimum Gasteiger partial charge on any atom is -0.481 e. The van der Waals surface area contributed by atoms with Gasteiger partial charge in [-0.05, 0) is 67.8 Å². The van der Waals surface area contributed by atoms with E-state index in [1.165, 1.54) is 24.8 Å². The van der Waals surface area contributed by atoms with Crippen LogP contribution in [0.4, 0.5) is 0 Å². The Morgan fingerprint density at radius 2 is 2.05 bits per heavy atom. The third kappa shape index (κ3) is 2.18. The summed E-state index contributed by atoms with van der Waals surface area (Å²) >= 11 is 0. The highest BCUT2D eigenvalue weighted by molar-refractivity contribution is 5.75. The van der Waals surface area contributed by atoms with Gasteiger partial charge in [0.1, 0.15) is 0 Å². The van der Waals surface area contributed by atoms with E-state index in [-0.39, 0.29) is 11.3 Å². The van der Waals surface area contributed by atoms with Crippen molar-refractivity contribution in [3.05, 3.63) is 23.3 Å². The first-order valence-corrected chi connectivity index (χ1v) is 8.93. The van der Waals surface area contributed by atoms with Crippen molar-refractivity contribution in [1.29, 1.82) is 0 Å². The van der Waals surface area contributed by atoms with Gasteiger partial charge in [-0.15, -0.1) is 0 Å². The molecule has 4 atom stereocenters. The zero-order chi connectivity index (χ0) is 16.1. The molecule has 2 nitrogen and oxygen atoms in total. The van der Waals surface area contributed by atoms with Gasteiger partial charge in [0, 0.05) is 0 Å². The summed E-state index contributed by atoms with van der Waals surface area (Å²) < 4.78 is 0. The predicted molar refractivity (Wildman–Crippen MR) is 89.5 cm³/mol. The molecule has 0 aliphatic heterocycles. The van der Waals surface area contributed by atoms with Crippen molar-refractivity contribution < 1.29 is 9.90 Å². The molecule has 3 rings (SSSR count). The molecule has 22 heavy (non-hydrogen) atoms. The third-order valence-electron chi connectivity index (χ3n) is 7.07. The van der Waals surface area contributed by atoms with E-state index in [2.05, 4.69) is 32.9 Å². The summed E-state index contributed by atoms with van der Waals surface area (Å²) in [5.41, 5.74) is 2.69. The average molecular weight is 302 g/mol. The average Bonchev–Trinajstić information content (AvgIpc) is 2.46. The van der Waals surface area contributed by atoms with Crippen LogP contribution in [-0.2, 0) is 4.79 Å². The molecule has 1 N–H and O–H groups in total. The van der Waals surface area contributed by atoms with E-state index in [9.17, 15) is 9.90 Å². The molecule has 3 aliphatic rings. The molecule has 3 aliphatic carbocycles. The van der Waals surface area contributed by atoms with Crippen LogP contribution in [0, 0.1) is 28.6 Å². The van der Waals surface area contributed by atoms with Gasteiger partial charge in [-0.3, -0.25) is 4.79 Å². The van der Waals surface area contributed by atoms with E-state index in [4.69, 9.17) is 0 Å². The monoisotopic (exact) mass is 302 g/mol. The zero-order valence-corrected chi connectivity index (χ0v) is 14.5. The molecule has 0 aromatic rings. The zero-order valence-electron chi connectivity index (χ0n) is 14.5. The fourth-order valence-corrected chi connectivity index (χ4v) is 5.60. The lowest BCUT2D eigenvalue weighted by atomic mass is 9.47. The fourth-order valence-electron chi connectivity index (χ4n) is 5.60. The van der Waals surface area contributed by atoms with E-state index in [1.807, 2.05) is 6.92 Å². The number of carbonyl (C=O) groups is 1. The number of carboxylic acid groups (broad SMARTS) is 1. The lowest BCUT2D eigenvalue weighted by molar-refractivity contribution is -0.162. The van der Waals surface area contributed by atoms with Crippen molar-refractivity contribution in [3.63, 3.8) is 0 Å². The molecule has 0 bridgehead atoms. The summed E-state index contributed by atoms with van der Waals surface area (Å²) in [6.45, 7) is 8.93. The minimum absolute atomic E-state index is 0.161. The molecule has 0 amide bonds. The molecule has 1 fully saturated rings. The second-order valence-corrected chi connectivity index (χ2v) is 8.54. The van der Waals surface area contributed by atoms with Crippen molar-refractivity contribution in [2.24, 2.45) is 28.6 Å². The fraction of sp³-hybridized carbons (Fsp3) is 0.750. The van der Waals surface area contributed by atoms with Crippen LogP contribution in [0.2, 0.25) is 0 Å². The maximum absolute atomic E-state index is 11.9. The normalized spacial score (nSPS) is 41.3. The Labute approximate surface area is 134 Å². The largest absolute Gasteiger partial charge is 0.481 e. The van der Waals surface area contributed by atoms with Gasteiger partial charge in [0.25, 0.3) is 0 Å². The van der Waals surface area contributed by atoms with Crippen molar-refractivity contribution >= 4 is 5.97 Å². The van der Waals surface area contributed by atoms with Crippen LogP contribution < -0.4 is 0 Å². The molecule has 122 valence electrons. The smallest absolute Gasteiger partial charge is 0.309 e. The number of rotatable bonds is 2. The predicted octanol–water partition coefficient (Wildman–Crippen LogP) is 5.21. The van der Waals surface area contributed by atoms with Gasteiger partial charge in [0.2, 0.25) is 0 Å². The number of hydrogen-bond acceptors (Lipinski definition) is 1. The van der Waals surface area contributed by atoms with Crippen LogP contribution in [0.3, 0.4) is 0 Å². The third-order valence-corrected chi connectivity index (χ3v) is 7.07. The molecule has 1 saturated carbocycles. The summed E-state index contributed by atoms with van der Waals surface area (Å²) in [6, 6.07) is 0. The van der Waals surface area contributed by atoms with Gasteiger partial charge in [0.05, 0.1) is 5.41 Å². The SMILES string of the molecule is CC(C)C1=CC2=CC[C@@H]3[C@@](C)(CCC[C@]3(C)C(=O)O)[C@H]2CC1. The number of fused-ring (bicyclic) bond motifs is 3. The van der Waals surface area contributed by atoms with Gasteiger partial charge in [-0.2, -0.15) is 0 Å². The summed E-state index contributed by atoms with van der Waals surface area (Å²) in [7, 11) is 0. The van der Waals surface area contributed by atoms with Crippen LogP contribution in [0.1, 0.15) is 66.2 Å². The van der Waals surface area contributed by atoms with Crippen molar-refractivity contribution in [2.75, 3.05) is 0 Å². The molecule has 2 heteroatoms. The van der Waals surface area contributed by atoms with Gasteiger partial charge in [-0.25, -0.2) is 0 Å². The molecule has 0 unspecified atom stereocenters. The Hall–Kier alpha value is -1.05. The van der Waals surface area contributed by atoms with Gasteiger partial charge >= 0.3 is 5.97 Å². The van der Waals surface area contributed by atoms with Crippen LogP contribution in [-0.4, -0.2) is 11.1 Å². The van der Waals surface area contributed by atoms with Crippen molar-refractivity contribution in [1.82, 2.24) is 0 Å². The van der Waals surface area contributed by atoms with E-state index < -0.39 is 11.4 Å². The second-order valence-electron chi connectivity index (χ2n) is 8.54. The molecular weight excluding hydrogens is 272 g/mol. The molecule has 0 aromatic carbocycles. The quantitative estimate of drug-likeness (QED) is 0.760. The Kier molecular flexibility index (Phi) is 3.78. The highest BCUT2D eigenvalue weighted by Gasteiger charge is 2.57. The number of allylic oxidation sites excluding steroid dienone is 4. The molecule has 0 heterocycles. The lowest BCUT2D eigenvalue weighted by Crippen LogP contribution is -2.53. The highest BCUT2D eigenvalue weighted by Crippen LogP contribution is 2.62. The second kappa shape index (κ2) is 5.25. The van der Waals surface area contributed by atoms with Gasteiger partial charge in [-0.1, -0.05) is 44.9 Å². The van der Waals surface area contributed by atoms with Gasteiger partial charge < -0.3 is 5.11 Å². The summed E-state index contributed by atoms with van der Waals surface area (Å²) in [5, 5.41) is 9.83. The maximum Gasteiger partial charge on any atom is 0.309 e. The van der Waals surface area contributed by atoms with Crippen LogP contribution in [0.15, 0.2) is 23.3 Å². The molecule has 0 saturated heterocycles. The number of aliphatic carboxylic acids is 1. The van der Waals surface area contributed by atoms with Crippen LogP contribution >= 0.6 is 0 Å². The molecule has 0 aromatic heterocycles. The first kappa shape index (κ1) is 15.8. The topological polar surface area (TPSA) is 37.3 Å². The highest BCUT2D eigenvalue weighted by atomic mass is 16.4. The van der Waals surface area contributed by atoms with E-state index in [1.54, 1.807) is 5.57 Å². The summed E-state index contributed by atoms with van der Waals surface area (Å²) in [6.07, 6.45) is 11.2. The minimum atomic E-state index is -0.588. The first-order chi connectivity index (χ1) is 10.3. The first-order valence-electron chi connectivity index (χ1n) is 8.93. The molecular formula is C20H30O2. The van der Waals surface area contributed by atoms with E-state index >= 15 is 0 Å². The van der Waals surface area contributed by atoms with Crippen molar-refractivity contribution in [2.45, 2.75) is 66.2 Å². The summed E-state index contributed by atoms with van der Waals surface area (Å²) in [5.74, 6) is 0.888. The van der Waals surface area contributed by atoms with E-state index in [0.29, 0.717) is 11.8 Å². The maximum atomic E-state index is 11.9. The Morgan fingerprint density at radius 1 is 1.32 bits per heavy atom. The van der Waals surface area contributed by atoms with Crippen LogP contribution in [0.25, 0.3) is 0 Å². The number of carboxylic acids is 1. The Morgan fingerprint density at radius 3 is 2.68 bits per heavy atom. The Balaban J connectivity index is 2.00. The molecule has 0 spiro atoms. The van der Waals surface area contributed by atoms with Crippen molar-refractivity contribution in [3.8, 4) is 0 Å². The van der Waals surface area contributed by atoms with Gasteiger partial charge in [0.15, 0.2) is 0 Å². The standard InChI is InChI=1S/C20H30O2/c1-13(2)14-6-8-16-15(12-14)7-9-17-19(16,3)10-5-11-20(17,4)18(21)22/h7,12-13,16-17H,5-6,8-11H2,1-4H3,(H,21,22)/t16-,17+,19-,20-/m0/s1. The molecule has 0 radical (unpaired) electrons. The van der Waals surface area contributed by atoms with Crippen LogP contribution in [0.5, 0.6) is 0 Å². The lowest BCUT2D eigenvalue weighted by Gasteiger charge is -2.57. The van der Waals surface area contributed by atoms with E-state index in [0.717, 1.165) is 19.3 Å². The number of hydrogen-bond donors (Lipinski definition) is 1. The Bertz CT molecular complexity index is 542. The summed E-state index contributed by atoms with van der Waals surface area (Å²) in [4.78, 5) is 11.9.